The fourth-order valence-electron chi connectivity index (χ4n) is 5.89. The van der Waals surface area contributed by atoms with Crippen molar-refractivity contribution in [1.82, 2.24) is 20.6 Å². The molecule has 4 aromatic carbocycles. The van der Waals surface area contributed by atoms with Crippen molar-refractivity contribution >= 4 is 60.5 Å². The number of hydrogen-bond acceptors (Lipinski definition) is 5. The lowest BCUT2D eigenvalue weighted by Gasteiger charge is -2.18. The first kappa shape index (κ1) is 31.0. The minimum atomic E-state index is -0.943. The summed E-state index contributed by atoms with van der Waals surface area (Å²) in [5, 5.41) is 8.11. The van der Waals surface area contributed by atoms with Crippen LogP contribution in [0.15, 0.2) is 123 Å². The highest BCUT2D eigenvalue weighted by molar-refractivity contribution is 9.10. The molecular formula is C38H31BrN4O5. The Morgan fingerprint density at radius 3 is 2.27 bits per heavy atom. The number of hydrogen-bond donors (Lipinski definition) is 4. The molecule has 3 aromatic heterocycles. The second kappa shape index (κ2) is 13.6. The van der Waals surface area contributed by atoms with Crippen LogP contribution in [-0.4, -0.2) is 34.4 Å². The number of aromatic amines is 2. The molecule has 0 saturated heterocycles. The van der Waals surface area contributed by atoms with Crippen molar-refractivity contribution in [3.05, 3.63) is 147 Å². The highest BCUT2D eigenvalue weighted by atomic mass is 79.9. The van der Waals surface area contributed by atoms with Gasteiger partial charge in [0.2, 0.25) is 5.91 Å². The Bertz CT molecular complexity index is 2320. The minimum Gasteiger partial charge on any atom is -0.488 e. The number of ether oxygens (including phenoxy) is 1. The third-order valence-electron chi connectivity index (χ3n) is 8.34. The van der Waals surface area contributed by atoms with E-state index in [1.54, 1.807) is 18.2 Å². The van der Waals surface area contributed by atoms with E-state index in [0.29, 0.717) is 18.7 Å². The Morgan fingerprint density at radius 1 is 0.833 bits per heavy atom. The maximum Gasteiger partial charge on any atom is 0.287 e. The smallest absolute Gasteiger partial charge is 0.287 e. The van der Waals surface area contributed by atoms with Crippen LogP contribution in [-0.2, 0) is 24.2 Å². The molecular weight excluding hydrogens is 672 g/mol. The number of amides is 2. The number of carbonyl (C=O) groups excluding carboxylic acids is 2. The number of carbonyl (C=O) groups is 2. The summed E-state index contributed by atoms with van der Waals surface area (Å²) in [6.45, 7) is 0.619. The second-order valence-corrected chi connectivity index (χ2v) is 12.4. The van der Waals surface area contributed by atoms with Crippen LogP contribution in [0.3, 0.4) is 0 Å². The fourth-order valence-corrected chi connectivity index (χ4v) is 6.16. The molecule has 0 aliphatic heterocycles. The van der Waals surface area contributed by atoms with Gasteiger partial charge in [0.25, 0.3) is 5.91 Å². The molecule has 0 aliphatic rings. The Labute approximate surface area is 283 Å². The Morgan fingerprint density at radius 2 is 1.52 bits per heavy atom. The Balaban J connectivity index is 1.10. The van der Waals surface area contributed by atoms with Gasteiger partial charge in [-0.05, 0) is 59.5 Å². The maximum atomic E-state index is 13.6. The summed E-state index contributed by atoms with van der Waals surface area (Å²) >= 11 is 3.42. The minimum absolute atomic E-state index is 0.201. The molecule has 240 valence electrons. The fraction of sp³-hybridized carbons (Fsp3) is 0.132. The predicted octanol–water partition coefficient (Wildman–Crippen LogP) is 6.80. The highest BCUT2D eigenvalue weighted by Gasteiger charge is 2.25. The quantitative estimate of drug-likeness (QED) is 0.118. The topological polar surface area (TPSA) is 129 Å². The molecule has 48 heavy (non-hydrogen) atoms. The van der Waals surface area contributed by atoms with Gasteiger partial charge in [0.1, 0.15) is 29.4 Å². The number of H-pyrrole nitrogens is 2. The molecule has 0 fully saturated rings. The first-order valence-corrected chi connectivity index (χ1v) is 16.3. The first-order chi connectivity index (χ1) is 23.4. The summed E-state index contributed by atoms with van der Waals surface area (Å²) in [5.74, 6) is -0.872. The number of aromatic nitrogens is 2. The van der Waals surface area contributed by atoms with Crippen molar-refractivity contribution in [1.29, 1.82) is 0 Å². The molecule has 0 radical (unpaired) electrons. The van der Waals surface area contributed by atoms with Crippen LogP contribution >= 0.6 is 15.9 Å². The van der Waals surface area contributed by atoms with E-state index in [9.17, 15) is 14.4 Å². The van der Waals surface area contributed by atoms with Crippen molar-refractivity contribution in [2.24, 2.45) is 0 Å². The lowest BCUT2D eigenvalue weighted by atomic mass is 10.0. The molecule has 0 saturated carbocycles. The average Bonchev–Trinajstić information content (AvgIpc) is 3.71. The van der Waals surface area contributed by atoms with Crippen LogP contribution < -0.4 is 20.8 Å². The molecule has 7 rings (SSSR count). The number of benzene rings is 4. The monoisotopic (exact) mass is 702 g/mol. The Kier molecular flexibility index (Phi) is 8.80. The van der Waals surface area contributed by atoms with Crippen LogP contribution in [0.4, 0.5) is 0 Å². The van der Waals surface area contributed by atoms with Crippen molar-refractivity contribution in [3.8, 4) is 5.75 Å². The summed E-state index contributed by atoms with van der Waals surface area (Å²) in [4.78, 5) is 47.1. The van der Waals surface area contributed by atoms with E-state index in [0.717, 1.165) is 49.0 Å². The molecule has 7 aromatic rings. The summed E-state index contributed by atoms with van der Waals surface area (Å²) in [7, 11) is 0. The van der Waals surface area contributed by atoms with E-state index < -0.39 is 17.4 Å². The zero-order chi connectivity index (χ0) is 33.0. The first-order valence-electron chi connectivity index (χ1n) is 15.6. The molecule has 10 heteroatoms. The van der Waals surface area contributed by atoms with Gasteiger partial charge in [-0.1, -0.05) is 70.5 Å². The van der Waals surface area contributed by atoms with Crippen LogP contribution in [0.5, 0.6) is 5.75 Å². The van der Waals surface area contributed by atoms with Gasteiger partial charge in [-0.3, -0.25) is 14.4 Å². The van der Waals surface area contributed by atoms with E-state index >= 15 is 0 Å². The van der Waals surface area contributed by atoms with E-state index in [4.69, 9.17) is 9.15 Å². The molecule has 0 spiro atoms. The van der Waals surface area contributed by atoms with Crippen molar-refractivity contribution < 1.29 is 18.7 Å². The van der Waals surface area contributed by atoms with Crippen LogP contribution in [0.25, 0.3) is 32.8 Å². The Hall–Kier alpha value is -5.61. The standard InChI is InChI=1S/C38H31BrN4O5/c39-26-14-12-23(13-15-26)22-47-33-10-5-11-34-36(33)32(44)19-35(48-34)38(46)43-31(18-25-21-42-30-9-4-2-7-28(25)30)37(45)40-17-16-24-20-41-29-8-3-1-6-27(24)29/h1-15,19-21,31,41-42H,16-18,22H2,(H,40,45)(H,43,46). The molecule has 9 nitrogen and oxygen atoms in total. The summed E-state index contributed by atoms with van der Waals surface area (Å²) < 4.78 is 12.9. The van der Waals surface area contributed by atoms with Crippen molar-refractivity contribution in [3.63, 3.8) is 0 Å². The van der Waals surface area contributed by atoms with Gasteiger partial charge in [-0.15, -0.1) is 0 Å². The third-order valence-corrected chi connectivity index (χ3v) is 8.87. The van der Waals surface area contributed by atoms with E-state index in [1.807, 2.05) is 85.2 Å². The lowest BCUT2D eigenvalue weighted by Crippen LogP contribution is -2.48. The average molecular weight is 704 g/mol. The number of fused-ring (bicyclic) bond motifs is 3. The molecule has 1 atom stereocenters. The van der Waals surface area contributed by atoms with Gasteiger partial charge >= 0.3 is 0 Å². The van der Waals surface area contributed by atoms with E-state index in [1.165, 1.54) is 0 Å². The second-order valence-electron chi connectivity index (χ2n) is 11.5. The SMILES string of the molecule is O=C(NC(Cc1c[nH]c2ccccc12)C(=O)NCCc1c[nH]c2ccccc12)c1cc(=O)c2c(OCc3ccc(Br)cc3)cccc2o1. The summed E-state index contributed by atoms with van der Waals surface area (Å²) in [5.41, 5.74) is 4.62. The van der Waals surface area contributed by atoms with Crippen molar-refractivity contribution in [2.75, 3.05) is 6.54 Å². The van der Waals surface area contributed by atoms with Crippen LogP contribution in [0.1, 0.15) is 27.2 Å². The van der Waals surface area contributed by atoms with Crippen molar-refractivity contribution in [2.45, 2.75) is 25.5 Å². The molecule has 0 bridgehead atoms. The van der Waals surface area contributed by atoms with Gasteiger partial charge in [0.15, 0.2) is 11.2 Å². The lowest BCUT2D eigenvalue weighted by molar-refractivity contribution is -0.122. The molecule has 0 aliphatic carbocycles. The maximum absolute atomic E-state index is 13.6. The summed E-state index contributed by atoms with van der Waals surface area (Å²) in [6, 6.07) is 28.6. The van der Waals surface area contributed by atoms with Crippen LogP contribution in [0, 0.1) is 0 Å². The van der Waals surface area contributed by atoms with Gasteiger partial charge in [-0.25, -0.2) is 0 Å². The van der Waals surface area contributed by atoms with Gasteiger partial charge in [0, 0.05) is 57.7 Å². The number of para-hydroxylation sites is 2. The number of rotatable bonds is 11. The number of halogens is 1. The molecule has 4 N–H and O–H groups in total. The third kappa shape index (κ3) is 6.61. The zero-order valence-corrected chi connectivity index (χ0v) is 27.3. The molecule has 2 amide bonds. The summed E-state index contributed by atoms with van der Waals surface area (Å²) in [6.07, 6.45) is 4.62. The normalized spacial score (nSPS) is 11.9. The zero-order valence-electron chi connectivity index (χ0n) is 25.7. The largest absolute Gasteiger partial charge is 0.488 e. The number of nitrogens with one attached hydrogen (secondary N) is 4. The van der Waals surface area contributed by atoms with Gasteiger partial charge in [-0.2, -0.15) is 0 Å². The van der Waals surface area contributed by atoms with E-state index in [-0.39, 0.29) is 35.7 Å². The van der Waals surface area contributed by atoms with E-state index in [2.05, 4.69) is 36.5 Å². The molecule has 3 heterocycles. The van der Waals surface area contributed by atoms with Gasteiger partial charge in [0.05, 0.1) is 0 Å². The predicted molar refractivity (Wildman–Crippen MR) is 189 cm³/mol. The highest BCUT2D eigenvalue weighted by Crippen LogP contribution is 2.25. The molecule has 1 unspecified atom stereocenters. The van der Waals surface area contributed by atoms with Crippen LogP contribution in [0.2, 0.25) is 0 Å². The van der Waals surface area contributed by atoms with Gasteiger partial charge < -0.3 is 29.8 Å².